The number of nitrogens with zero attached hydrogens (tertiary/aromatic N) is 2. The molecule has 0 atom stereocenters. The van der Waals surface area contributed by atoms with Crippen LogP contribution in [0.1, 0.15) is 26.3 Å². The minimum atomic E-state index is -0.255. The molecule has 0 aromatic heterocycles. The van der Waals surface area contributed by atoms with Gasteiger partial charge in [-0.2, -0.15) is 0 Å². The van der Waals surface area contributed by atoms with Crippen molar-refractivity contribution in [2.24, 2.45) is 0 Å². The minimum absolute atomic E-state index is 0.0314. The lowest BCUT2D eigenvalue weighted by Crippen LogP contribution is -2.37. The number of amides is 1. The van der Waals surface area contributed by atoms with Crippen LogP contribution in [0.4, 0.5) is 10.1 Å². The van der Waals surface area contributed by atoms with E-state index >= 15 is 0 Å². The van der Waals surface area contributed by atoms with Crippen molar-refractivity contribution in [3.05, 3.63) is 29.6 Å². The van der Waals surface area contributed by atoms with Gasteiger partial charge in [0.25, 0.3) is 0 Å². The summed E-state index contributed by atoms with van der Waals surface area (Å²) in [4.78, 5) is 15.5. The SMILES string of the molecule is CCN(CC(=O)N(C)C)c1ccc(F)cc1CNC(C)C. The Hall–Kier alpha value is -1.62. The van der Waals surface area contributed by atoms with Crippen molar-refractivity contribution in [3.8, 4) is 0 Å². The molecular weight excluding hydrogens is 269 g/mol. The van der Waals surface area contributed by atoms with Crippen molar-refractivity contribution in [1.82, 2.24) is 10.2 Å². The average molecular weight is 295 g/mol. The Morgan fingerprint density at radius 1 is 1.33 bits per heavy atom. The van der Waals surface area contributed by atoms with Crippen LogP contribution >= 0.6 is 0 Å². The number of halogens is 1. The highest BCUT2D eigenvalue weighted by Crippen LogP contribution is 2.22. The van der Waals surface area contributed by atoms with Crippen LogP contribution in [0.5, 0.6) is 0 Å². The predicted octanol–water partition coefficient (Wildman–Crippen LogP) is 2.24. The van der Waals surface area contributed by atoms with E-state index in [1.807, 2.05) is 25.7 Å². The standard InChI is InChI=1S/C16H26FN3O/c1-6-20(11-16(21)19(4)5)15-8-7-14(17)9-13(15)10-18-12(2)3/h7-9,12,18H,6,10-11H2,1-5H3. The van der Waals surface area contributed by atoms with E-state index < -0.39 is 0 Å². The first-order valence-corrected chi connectivity index (χ1v) is 7.32. The van der Waals surface area contributed by atoms with E-state index in [1.54, 1.807) is 25.1 Å². The molecule has 0 unspecified atom stereocenters. The summed E-state index contributed by atoms with van der Waals surface area (Å²) in [5, 5.41) is 3.30. The Labute approximate surface area is 126 Å². The Balaban J connectivity index is 2.99. The minimum Gasteiger partial charge on any atom is -0.362 e. The van der Waals surface area contributed by atoms with Crippen LogP contribution in [-0.4, -0.2) is 44.0 Å². The van der Waals surface area contributed by atoms with Crippen molar-refractivity contribution < 1.29 is 9.18 Å². The molecule has 0 bridgehead atoms. The maximum Gasteiger partial charge on any atom is 0.241 e. The lowest BCUT2D eigenvalue weighted by molar-refractivity contribution is -0.127. The number of likely N-dealkylation sites (N-methyl/N-ethyl adjacent to an activating group) is 2. The van der Waals surface area contributed by atoms with Crippen LogP contribution in [0.15, 0.2) is 18.2 Å². The summed E-state index contributed by atoms with van der Waals surface area (Å²) in [6.07, 6.45) is 0. The van der Waals surface area contributed by atoms with E-state index in [9.17, 15) is 9.18 Å². The van der Waals surface area contributed by atoms with Gasteiger partial charge in [0, 0.05) is 38.9 Å². The Bertz CT molecular complexity index is 475. The van der Waals surface area contributed by atoms with Gasteiger partial charge in [-0.1, -0.05) is 13.8 Å². The lowest BCUT2D eigenvalue weighted by Gasteiger charge is -2.27. The van der Waals surface area contributed by atoms with E-state index in [1.165, 1.54) is 12.1 Å². The van der Waals surface area contributed by atoms with Crippen molar-refractivity contribution >= 4 is 11.6 Å². The van der Waals surface area contributed by atoms with Crippen molar-refractivity contribution in [3.63, 3.8) is 0 Å². The topological polar surface area (TPSA) is 35.6 Å². The molecule has 0 radical (unpaired) electrons. The molecule has 0 heterocycles. The van der Waals surface area contributed by atoms with Gasteiger partial charge in [-0.05, 0) is 30.7 Å². The maximum absolute atomic E-state index is 13.5. The summed E-state index contributed by atoms with van der Waals surface area (Å²) < 4.78 is 13.5. The molecule has 1 amide bonds. The van der Waals surface area contributed by atoms with Crippen LogP contribution < -0.4 is 10.2 Å². The zero-order chi connectivity index (χ0) is 16.0. The fraction of sp³-hybridized carbons (Fsp3) is 0.562. The van der Waals surface area contributed by atoms with E-state index in [0.717, 1.165) is 11.3 Å². The lowest BCUT2D eigenvalue weighted by atomic mass is 10.1. The molecule has 0 spiro atoms. The summed E-state index contributed by atoms with van der Waals surface area (Å²) in [5.74, 6) is -0.224. The summed E-state index contributed by atoms with van der Waals surface area (Å²) in [5.41, 5.74) is 1.78. The number of carbonyl (C=O) groups excluding carboxylic acids is 1. The van der Waals surface area contributed by atoms with Crippen LogP contribution in [-0.2, 0) is 11.3 Å². The average Bonchev–Trinajstić information content (AvgIpc) is 2.42. The third-order valence-corrected chi connectivity index (χ3v) is 3.29. The summed E-state index contributed by atoms with van der Waals surface area (Å²) in [6.45, 7) is 7.66. The molecule has 118 valence electrons. The van der Waals surface area contributed by atoms with Gasteiger partial charge in [0.15, 0.2) is 0 Å². The first-order valence-electron chi connectivity index (χ1n) is 7.32. The molecule has 4 nitrogen and oxygen atoms in total. The Morgan fingerprint density at radius 2 is 2.00 bits per heavy atom. The van der Waals surface area contributed by atoms with Crippen LogP contribution in [0.2, 0.25) is 0 Å². The van der Waals surface area contributed by atoms with Gasteiger partial charge in [0.1, 0.15) is 5.82 Å². The van der Waals surface area contributed by atoms with Crippen molar-refractivity contribution in [2.75, 3.05) is 32.1 Å². The molecule has 0 aliphatic heterocycles. The molecule has 0 saturated heterocycles. The number of carbonyl (C=O) groups is 1. The smallest absolute Gasteiger partial charge is 0.241 e. The van der Waals surface area contributed by atoms with Gasteiger partial charge < -0.3 is 15.1 Å². The number of benzene rings is 1. The second-order valence-corrected chi connectivity index (χ2v) is 5.61. The number of hydrogen-bond acceptors (Lipinski definition) is 3. The molecule has 5 heteroatoms. The Morgan fingerprint density at radius 3 is 2.52 bits per heavy atom. The number of nitrogens with one attached hydrogen (secondary N) is 1. The second kappa shape index (κ2) is 7.98. The van der Waals surface area contributed by atoms with Gasteiger partial charge in [-0.25, -0.2) is 4.39 Å². The zero-order valence-electron chi connectivity index (χ0n) is 13.6. The van der Waals surface area contributed by atoms with Crippen molar-refractivity contribution in [2.45, 2.75) is 33.4 Å². The second-order valence-electron chi connectivity index (χ2n) is 5.61. The fourth-order valence-electron chi connectivity index (χ4n) is 1.99. The van der Waals surface area contributed by atoms with Crippen LogP contribution in [0.25, 0.3) is 0 Å². The summed E-state index contributed by atoms with van der Waals surface area (Å²) in [7, 11) is 3.48. The Kier molecular flexibility index (Phi) is 6.62. The highest BCUT2D eigenvalue weighted by molar-refractivity contribution is 5.81. The highest BCUT2D eigenvalue weighted by Gasteiger charge is 2.15. The molecule has 1 aromatic rings. The monoisotopic (exact) mass is 295 g/mol. The summed E-state index contributed by atoms with van der Waals surface area (Å²) >= 11 is 0. The molecule has 0 saturated carbocycles. The van der Waals surface area contributed by atoms with Crippen LogP contribution in [0.3, 0.4) is 0 Å². The summed E-state index contributed by atoms with van der Waals surface area (Å²) in [6, 6.07) is 5.04. The number of hydrogen-bond donors (Lipinski definition) is 1. The predicted molar refractivity (Wildman–Crippen MR) is 85.0 cm³/mol. The van der Waals surface area contributed by atoms with E-state index in [4.69, 9.17) is 0 Å². The first-order chi connectivity index (χ1) is 9.85. The third-order valence-electron chi connectivity index (χ3n) is 3.29. The van der Waals surface area contributed by atoms with Crippen LogP contribution in [0, 0.1) is 5.82 Å². The fourth-order valence-corrected chi connectivity index (χ4v) is 1.99. The molecule has 0 aliphatic rings. The van der Waals surface area contributed by atoms with E-state index in [0.29, 0.717) is 25.7 Å². The quantitative estimate of drug-likeness (QED) is 0.838. The third kappa shape index (κ3) is 5.34. The molecule has 1 N–H and O–H groups in total. The van der Waals surface area contributed by atoms with Gasteiger partial charge >= 0.3 is 0 Å². The first kappa shape index (κ1) is 17.4. The van der Waals surface area contributed by atoms with Crippen molar-refractivity contribution in [1.29, 1.82) is 0 Å². The van der Waals surface area contributed by atoms with Gasteiger partial charge in [-0.15, -0.1) is 0 Å². The number of anilines is 1. The molecular formula is C16H26FN3O. The highest BCUT2D eigenvalue weighted by atomic mass is 19.1. The number of rotatable bonds is 7. The molecule has 0 aliphatic carbocycles. The molecule has 1 aromatic carbocycles. The van der Waals surface area contributed by atoms with Gasteiger partial charge in [0.05, 0.1) is 6.54 Å². The molecule has 0 fully saturated rings. The largest absolute Gasteiger partial charge is 0.362 e. The maximum atomic E-state index is 13.5. The van der Waals surface area contributed by atoms with Gasteiger partial charge in [-0.3, -0.25) is 4.79 Å². The van der Waals surface area contributed by atoms with E-state index in [-0.39, 0.29) is 11.7 Å². The van der Waals surface area contributed by atoms with Gasteiger partial charge in [0.2, 0.25) is 5.91 Å². The molecule has 21 heavy (non-hydrogen) atoms. The molecule has 1 rings (SSSR count). The normalized spacial score (nSPS) is 10.8. The van der Waals surface area contributed by atoms with E-state index in [2.05, 4.69) is 5.32 Å². The zero-order valence-corrected chi connectivity index (χ0v) is 13.6.